The first kappa shape index (κ1) is 17.2. The molecule has 0 saturated heterocycles. The van der Waals surface area contributed by atoms with Crippen LogP contribution >= 0.6 is 0 Å². The van der Waals surface area contributed by atoms with Crippen LogP contribution in [0.25, 0.3) is 10.8 Å². The summed E-state index contributed by atoms with van der Waals surface area (Å²) in [5, 5.41) is 13.6. The van der Waals surface area contributed by atoms with Crippen LogP contribution in [0, 0.1) is 11.6 Å². The van der Waals surface area contributed by atoms with Gasteiger partial charge in [0.25, 0.3) is 5.91 Å². The number of halogens is 2. The zero-order valence-corrected chi connectivity index (χ0v) is 13.2. The molecule has 0 atom stereocenters. The van der Waals surface area contributed by atoms with Gasteiger partial charge in [-0.1, -0.05) is 24.3 Å². The number of phenolic OH excluding ortho intramolecular Hbond substituents is 1. The van der Waals surface area contributed by atoms with E-state index < -0.39 is 23.6 Å². The summed E-state index contributed by atoms with van der Waals surface area (Å²) in [7, 11) is 0. The van der Waals surface area contributed by atoms with Crippen molar-refractivity contribution in [3.8, 4) is 5.75 Å². The van der Waals surface area contributed by atoms with Gasteiger partial charge in [-0.05, 0) is 35.0 Å². The van der Waals surface area contributed by atoms with Crippen molar-refractivity contribution in [3.63, 3.8) is 0 Å². The topological polar surface area (TPSA) is 90.5 Å². The van der Waals surface area contributed by atoms with Crippen LogP contribution in [0.15, 0.2) is 54.6 Å². The number of carbonyl (C=O) groups is 2. The van der Waals surface area contributed by atoms with Gasteiger partial charge in [0.15, 0.2) is 0 Å². The Hall–Kier alpha value is -3.68. The van der Waals surface area contributed by atoms with Crippen LogP contribution in [0.1, 0.15) is 10.4 Å². The Morgan fingerprint density at radius 2 is 1.58 bits per heavy atom. The number of rotatable bonds is 2. The summed E-state index contributed by atoms with van der Waals surface area (Å²) in [6.07, 6.45) is 0. The number of hydrogen-bond donors (Lipinski definition) is 4. The SMILES string of the molecule is O=C(NNC(=O)c1cc2ccccc2cc1O)Nc1ccc(F)cc1F. The fraction of sp³-hybridized carbons (Fsp3) is 0. The molecule has 8 heteroatoms. The number of fused-ring (bicyclic) bond motifs is 1. The molecule has 0 spiro atoms. The molecule has 0 aliphatic heterocycles. The zero-order chi connectivity index (χ0) is 18.7. The first-order valence-electron chi connectivity index (χ1n) is 7.48. The number of hydrogen-bond acceptors (Lipinski definition) is 3. The van der Waals surface area contributed by atoms with Crippen molar-refractivity contribution in [3.05, 3.63) is 71.8 Å². The van der Waals surface area contributed by atoms with Crippen LogP contribution in [0.4, 0.5) is 19.3 Å². The molecule has 0 aromatic heterocycles. The molecular weight excluding hydrogens is 344 g/mol. The molecule has 0 radical (unpaired) electrons. The fourth-order valence-corrected chi connectivity index (χ4v) is 2.34. The first-order chi connectivity index (χ1) is 12.4. The van der Waals surface area contributed by atoms with Gasteiger partial charge in [-0.15, -0.1) is 0 Å². The molecular formula is C18H13F2N3O3. The summed E-state index contributed by atoms with van der Waals surface area (Å²) in [5.41, 5.74) is 3.82. The number of anilines is 1. The average Bonchev–Trinajstić information content (AvgIpc) is 2.61. The normalized spacial score (nSPS) is 10.4. The van der Waals surface area contributed by atoms with Gasteiger partial charge in [0.2, 0.25) is 0 Å². The Bertz CT molecular complexity index is 1010. The zero-order valence-electron chi connectivity index (χ0n) is 13.2. The number of benzene rings is 3. The minimum absolute atomic E-state index is 0.0445. The predicted octanol–water partition coefficient (Wildman–Crippen LogP) is 3.29. The highest BCUT2D eigenvalue weighted by Crippen LogP contribution is 2.24. The summed E-state index contributed by atoms with van der Waals surface area (Å²) in [5.74, 6) is -2.76. The quantitative estimate of drug-likeness (QED) is 0.531. The lowest BCUT2D eigenvalue weighted by Crippen LogP contribution is -2.44. The first-order valence-corrected chi connectivity index (χ1v) is 7.48. The van der Waals surface area contributed by atoms with E-state index in [9.17, 15) is 23.5 Å². The number of amides is 3. The van der Waals surface area contributed by atoms with E-state index in [4.69, 9.17) is 0 Å². The lowest BCUT2D eigenvalue weighted by atomic mass is 10.1. The van der Waals surface area contributed by atoms with Crippen molar-refractivity contribution >= 4 is 28.4 Å². The van der Waals surface area contributed by atoms with E-state index in [-0.39, 0.29) is 17.0 Å². The molecule has 6 nitrogen and oxygen atoms in total. The minimum Gasteiger partial charge on any atom is -0.507 e. The molecule has 3 rings (SSSR count). The number of urea groups is 1. The summed E-state index contributed by atoms with van der Waals surface area (Å²) in [4.78, 5) is 23.9. The molecule has 3 aromatic rings. The summed E-state index contributed by atoms with van der Waals surface area (Å²) in [6, 6.07) is 11.7. The molecule has 0 fully saturated rings. The number of nitrogens with one attached hydrogen (secondary N) is 3. The van der Waals surface area contributed by atoms with Crippen molar-refractivity contribution in [2.45, 2.75) is 0 Å². The van der Waals surface area contributed by atoms with Crippen LogP contribution in [0.3, 0.4) is 0 Å². The second-order valence-corrected chi connectivity index (χ2v) is 5.37. The van der Waals surface area contributed by atoms with Gasteiger partial charge in [0.05, 0.1) is 11.3 Å². The molecule has 3 amide bonds. The predicted molar refractivity (Wildman–Crippen MR) is 91.6 cm³/mol. The molecule has 26 heavy (non-hydrogen) atoms. The molecule has 0 unspecified atom stereocenters. The Labute approximate surface area is 146 Å². The highest BCUT2D eigenvalue weighted by Gasteiger charge is 2.14. The van der Waals surface area contributed by atoms with Crippen LogP contribution in [0.2, 0.25) is 0 Å². The van der Waals surface area contributed by atoms with Gasteiger partial charge < -0.3 is 10.4 Å². The second kappa shape index (κ2) is 7.06. The monoisotopic (exact) mass is 357 g/mol. The van der Waals surface area contributed by atoms with E-state index >= 15 is 0 Å². The lowest BCUT2D eigenvalue weighted by Gasteiger charge is -2.11. The van der Waals surface area contributed by atoms with E-state index in [1.165, 1.54) is 12.1 Å². The Morgan fingerprint density at radius 3 is 2.27 bits per heavy atom. The smallest absolute Gasteiger partial charge is 0.338 e. The van der Waals surface area contributed by atoms with Crippen LogP contribution in [-0.4, -0.2) is 17.0 Å². The van der Waals surface area contributed by atoms with E-state index in [0.29, 0.717) is 6.07 Å². The van der Waals surface area contributed by atoms with E-state index in [2.05, 4.69) is 10.7 Å². The molecule has 132 valence electrons. The maximum atomic E-state index is 13.5. The van der Waals surface area contributed by atoms with Gasteiger partial charge in [-0.25, -0.2) is 19.0 Å². The summed E-state index contributed by atoms with van der Waals surface area (Å²) < 4.78 is 26.3. The van der Waals surface area contributed by atoms with E-state index in [0.717, 1.165) is 22.9 Å². The lowest BCUT2D eigenvalue weighted by molar-refractivity contribution is 0.0935. The Balaban J connectivity index is 1.66. The Morgan fingerprint density at radius 1 is 0.885 bits per heavy atom. The standard InChI is InChI=1S/C18H13F2N3O3/c19-12-5-6-15(14(20)9-12)21-18(26)23-22-17(25)13-7-10-3-1-2-4-11(10)8-16(13)24/h1-9,24H,(H,22,25)(H2,21,23,26). The highest BCUT2D eigenvalue weighted by molar-refractivity contribution is 6.02. The van der Waals surface area contributed by atoms with E-state index in [1.807, 2.05) is 5.43 Å². The molecule has 0 heterocycles. The Kier molecular flexibility index (Phi) is 4.66. The van der Waals surface area contributed by atoms with Crippen LogP contribution < -0.4 is 16.2 Å². The fourth-order valence-electron chi connectivity index (χ4n) is 2.34. The molecule has 0 aliphatic carbocycles. The molecule has 0 saturated carbocycles. The van der Waals surface area contributed by atoms with Gasteiger partial charge >= 0.3 is 6.03 Å². The number of phenols is 1. The van der Waals surface area contributed by atoms with Crippen LogP contribution in [-0.2, 0) is 0 Å². The van der Waals surface area contributed by atoms with Gasteiger partial charge in [-0.2, -0.15) is 0 Å². The third-order valence-electron chi connectivity index (χ3n) is 3.58. The average molecular weight is 357 g/mol. The van der Waals surface area contributed by atoms with Gasteiger partial charge in [0, 0.05) is 6.07 Å². The van der Waals surface area contributed by atoms with Crippen molar-refractivity contribution in [2.75, 3.05) is 5.32 Å². The highest BCUT2D eigenvalue weighted by atomic mass is 19.1. The van der Waals surface area contributed by atoms with Crippen molar-refractivity contribution < 1.29 is 23.5 Å². The third kappa shape index (κ3) is 3.69. The maximum Gasteiger partial charge on any atom is 0.338 e. The minimum atomic E-state index is -0.960. The second-order valence-electron chi connectivity index (χ2n) is 5.37. The van der Waals surface area contributed by atoms with Gasteiger partial charge in [-0.3, -0.25) is 10.2 Å². The largest absolute Gasteiger partial charge is 0.507 e. The third-order valence-corrected chi connectivity index (χ3v) is 3.58. The van der Waals surface area contributed by atoms with Crippen molar-refractivity contribution in [1.82, 2.24) is 10.9 Å². The maximum absolute atomic E-state index is 13.5. The van der Waals surface area contributed by atoms with Crippen molar-refractivity contribution in [2.24, 2.45) is 0 Å². The number of carbonyl (C=O) groups excluding carboxylic acids is 2. The summed E-state index contributed by atoms with van der Waals surface area (Å²) >= 11 is 0. The molecule has 3 aromatic carbocycles. The van der Waals surface area contributed by atoms with Gasteiger partial charge in [0.1, 0.15) is 17.4 Å². The summed E-state index contributed by atoms with van der Waals surface area (Å²) in [6.45, 7) is 0. The molecule has 0 bridgehead atoms. The number of hydrazine groups is 1. The molecule has 0 aliphatic rings. The number of aromatic hydroxyl groups is 1. The van der Waals surface area contributed by atoms with Crippen molar-refractivity contribution in [1.29, 1.82) is 0 Å². The van der Waals surface area contributed by atoms with E-state index in [1.54, 1.807) is 24.3 Å². The van der Waals surface area contributed by atoms with Crippen LogP contribution in [0.5, 0.6) is 5.75 Å². The molecule has 4 N–H and O–H groups in total.